The minimum absolute atomic E-state index is 0.0571. The lowest BCUT2D eigenvalue weighted by molar-refractivity contribution is -0.123. The minimum atomic E-state index is -4.26. The lowest BCUT2D eigenvalue weighted by Crippen LogP contribution is -2.15. The maximum atomic E-state index is 13.1. The number of carbonyl (C=O) groups excluding carboxylic acids is 1. The molecule has 0 aliphatic carbocycles. The zero-order valence-corrected chi connectivity index (χ0v) is 14.1. The summed E-state index contributed by atoms with van der Waals surface area (Å²) in [5.41, 5.74) is 5.74. The molecule has 2 N–H and O–H groups in total. The molecule has 130 valence electrons. The normalized spacial score (nSPS) is 17.5. The van der Waals surface area contributed by atoms with Gasteiger partial charge in [0.05, 0.1) is 5.02 Å². The largest absolute Gasteiger partial charge is 0.460 e. The standard InChI is InChI=1S/C16H11ClFNO5S/c17-12-8-9(18)6-7-11(12)14-13(20)15(16(19)23-14)24-25(21,22)10-4-2-1-3-5-10/h1-8,14H,19H2. The molecule has 25 heavy (non-hydrogen) atoms. The molecule has 0 bridgehead atoms. The lowest BCUT2D eigenvalue weighted by atomic mass is 10.1. The molecule has 1 atom stereocenters. The van der Waals surface area contributed by atoms with Gasteiger partial charge in [-0.15, -0.1) is 0 Å². The van der Waals surface area contributed by atoms with Crippen LogP contribution in [0.15, 0.2) is 65.1 Å². The summed E-state index contributed by atoms with van der Waals surface area (Å²) in [5, 5.41) is -0.0571. The smallest absolute Gasteiger partial charge is 0.339 e. The Labute approximate surface area is 147 Å². The molecular weight excluding hydrogens is 373 g/mol. The Kier molecular flexibility index (Phi) is 4.40. The maximum absolute atomic E-state index is 13.1. The molecule has 2 aromatic carbocycles. The summed E-state index contributed by atoms with van der Waals surface area (Å²) in [6.07, 6.45) is -1.31. The highest BCUT2D eigenvalue weighted by Crippen LogP contribution is 2.36. The Morgan fingerprint density at radius 2 is 1.84 bits per heavy atom. The highest BCUT2D eigenvalue weighted by Gasteiger charge is 2.40. The molecule has 1 aliphatic heterocycles. The van der Waals surface area contributed by atoms with E-state index in [0.29, 0.717) is 0 Å². The van der Waals surface area contributed by atoms with Crippen molar-refractivity contribution in [2.75, 3.05) is 0 Å². The van der Waals surface area contributed by atoms with Crippen molar-refractivity contribution in [1.29, 1.82) is 0 Å². The van der Waals surface area contributed by atoms with Gasteiger partial charge < -0.3 is 14.7 Å². The van der Waals surface area contributed by atoms with Gasteiger partial charge in [-0.1, -0.05) is 35.9 Å². The number of hydrogen-bond acceptors (Lipinski definition) is 6. The SMILES string of the molecule is NC1=C(OS(=O)(=O)c2ccccc2)C(=O)C(c2ccc(F)cc2Cl)O1. The summed E-state index contributed by atoms with van der Waals surface area (Å²) in [6.45, 7) is 0. The van der Waals surface area contributed by atoms with E-state index in [0.717, 1.165) is 12.1 Å². The Bertz CT molecular complexity index is 975. The van der Waals surface area contributed by atoms with Crippen LogP contribution in [0, 0.1) is 5.82 Å². The Morgan fingerprint density at radius 3 is 2.48 bits per heavy atom. The van der Waals surface area contributed by atoms with Crippen LogP contribution in [0.5, 0.6) is 0 Å². The van der Waals surface area contributed by atoms with Gasteiger partial charge in [0.1, 0.15) is 10.7 Å². The molecule has 0 saturated heterocycles. The van der Waals surface area contributed by atoms with Gasteiger partial charge >= 0.3 is 10.1 Å². The van der Waals surface area contributed by atoms with Crippen molar-refractivity contribution in [3.05, 3.63) is 76.6 Å². The minimum Gasteiger partial charge on any atom is -0.460 e. The Balaban J connectivity index is 1.89. The van der Waals surface area contributed by atoms with Crippen LogP contribution in [0.4, 0.5) is 4.39 Å². The average molecular weight is 384 g/mol. The van der Waals surface area contributed by atoms with E-state index in [-0.39, 0.29) is 15.5 Å². The molecule has 0 spiro atoms. The van der Waals surface area contributed by atoms with E-state index in [1.807, 2.05) is 0 Å². The van der Waals surface area contributed by atoms with E-state index in [1.165, 1.54) is 30.3 Å². The van der Waals surface area contributed by atoms with Crippen molar-refractivity contribution in [2.24, 2.45) is 5.73 Å². The predicted octanol–water partition coefficient (Wildman–Crippen LogP) is 2.65. The summed E-state index contributed by atoms with van der Waals surface area (Å²) in [6, 6.07) is 10.6. The number of nitrogens with two attached hydrogens (primary N) is 1. The van der Waals surface area contributed by atoms with Crippen LogP contribution in [-0.2, 0) is 23.8 Å². The highest BCUT2D eigenvalue weighted by atomic mass is 35.5. The number of Topliss-reactive ketones (excluding diaryl/α,β-unsaturated/α-hetero) is 1. The zero-order chi connectivity index (χ0) is 18.2. The summed E-state index contributed by atoms with van der Waals surface area (Å²) >= 11 is 5.91. The zero-order valence-electron chi connectivity index (χ0n) is 12.5. The number of ether oxygens (including phenoxy) is 1. The van der Waals surface area contributed by atoms with Crippen LogP contribution in [0.3, 0.4) is 0 Å². The number of ketones is 1. The first-order valence-corrected chi connectivity index (χ1v) is 8.73. The van der Waals surface area contributed by atoms with Crippen molar-refractivity contribution < 1.29 is 26.5 Å². The first kappa shape index (κ1) is 17.2. The van der Waals surface area contributed by atoms with Crippen LogP contribution in [0.25, 0.3) is 0 Å². The number of halogens is 2. The molecule has 0 radical (unpaired) electrons. The van der Waals surface area contributed by atoms with Crippen molar-refractivity contribution in [2.45, 2.75) is 11.0 Å². The third-order valence-electron chi connectivity index (χ3n) is 3.40. The first-order chi connectivity index (χ1) is 11.8. The molecule has 1 heterocycles. The molecule has 0 amide bonds. The fourth-order valence-electron chi connectivity index (χ4n) is 2.22. The van der Waals surface area contributed by atoms with Crippen LogP contribution < -0.4 is 5.73 Å². The van der Waals surface area contributed by atoms with Crippen LogP contribution in [0.1, 0.15) is 11.7 Å². The second-order valence-electron chi connectivity index (χ2n) is 5.07. The molecule has 1 unspecified atom stereocenters. The number of hydrogen-bond donors (Lipinski definition) is 1. The topological polar surface area (TPSA) is 95.7 Å². The van der Waals surface area contributed by atoms with Crippen LogP contribution in [-0.4, -0.2) is 14.2 Å². The van der Waals surface area contributed by atoms with Gasteiger partial charge in [-0.3, -0.25) is 4.79 Å². The average Bonchev–Trinajstić information content (AvgIpc) is 2.83. The number of rotatable bonds is 4. The molecule has 6 nitrogen and oxygen atoms in total. The third-order valence-corrected chi connectivity index (χ3v) is 4.96. The van der Waals surface area contributed by atoms with E-state index < -0.39 is 39.5 Å². The van der Waals surface area contributed by atoms with Gasteiger partial charge in [-0.2, -0.15) is 8.42 Å². The van der Waals surface area contributed by atoms with Crippen LogP contribution in [0.2, 0.25) is 5.02 Å². The molecule has 0 aromatic heterocycles. The van der Waals surface area contributed by atoms with Gasteiger partial charge in [-0.05, 0) is 24.3 Å². The summed E-state index contributed by atoms with van der Waals surface area (Å²) in [5.74, 6) is -2.56. The summed E-state index contributed by atoms with van der Waals surface area (Å²) in [7, 11) is -4.26. The number of carbonyl (C=O) groups is 1. The molecule has 9 heteroatoms. The third kappa shape index (κ3) is 3.31. The summed E-state index contributed by atoms with van der Waals surface area (Å²) in [4.78, 5) is 12.3. The summed E-state index contributed by atoms with van der Waals surface area (Å²) < 4.78 is 47.7. The van der Waals surface area contributed by atoms with E-state index >= 15 is 0 Å². The highest BCUT2D eigenvalue weighted by molar-refractivity contribution is 7.86. The van der Waals surface area contributed by atoms with Gasteiger partial charge in [0.25, 0.3) is 0 Å². The first-order valence-electron chi connectivity index (χ1n) is 6.94. The van der Waals surface area contributed by atoms with E-state index in [9.17, 15) is 17.6 Å². The Morgan fingerprint density at radius 1 is 1.16 bits per heavy atom. The van der Waals surface area contributed by atoms with E-state index in [4.69, 9.17) is 26.3 Å². The fraction of sp³-hybridized carbons (Fsp3) is 0.0625. The molecular formula is C16H11ClFNO5S. The van der Waals surface area contributed by atoms with Crippen LogP contribution >= 0.6 is 11.6 Å². The molecule has 0 fully saturated rings. The lowest BCUT2D eigenvalue weighted by Gasteiger charge is -2.11. The van der Waals surface area contributed by atoms with Crippen molar-refractivity contribution in [3.8, 4) is 0 Å². The van der Waals surface area contributed by atoms with Gasteiger partial charge in [0, 0.05) is 5.56 Å². The molecule has 0 saturated carbocycles. The molecule has 3 rings (SSSR count). The monoisotopic (exact) mass is 383 g/mol. The fourth-order valence-corrected chi connectivity index (χ4v) is 3.46. The quantitative estimate of drug-likeness (QED) is 0.815. The van der Waals surface area contributed by atoms with E-state index in [1.54, 1.807) is 6.07 Å². The second-order valence-corrected chi connectivity index (χ2v) is 7.03. The van der Waals surface area contributed by atoms with Gasteiger partial charge in [0.15, 0.2) is 6.10 Å². The van der Waals surface area contributed by atoms with Crippen molar-refractivity contribution in [3.63, 3.8) is 0 Å². The second kappa shape index (κ2) is 6.38. The Hall–Kier alpha value is -2.58. The predicted molar refractivity (Wildman–Crippen MR) is 86.2 cm³/mol. The van der Waals surface area contributed by atoms with Gasteiger partial charge in [0.2, 0.25) is 17.4 Å². The van der Waals surface area contributed by atoms with E-state index in [2.05, 4.69) is 0 Å². The molecule has 2 aromatic rings. The maximum Gasteiger partial charge on any atom is 0.339 e. The van der Waals surface area contributed by atoms with Crippen molar-refractivity contribution in [1.82, 2.24) is 0 Å². The molecule has 1 aliphatic rings. The van der Waals surface area contributed by atoms with Gasteiger partial charge in [-0.25, -0.2) is 4.39 Å². The number of benzene rings is 2. The van der Waals surface area contributed by atoms with Crippen molar-refractivity contribution >= 4 is 27.5 Å².